The molecule has 2 aromatic carbocycles. The molecule has 0 spiro atoms. The van der Waals surface area contributed by atoms with Crippen LogP contribution < -0.4 is 0 Å². The Labute approximate surface area is 159 Å². The van der Waals surface area contributed by atoms with E-state index in [2.05, 4.69) is 0 Å². The second-order valence-electron chi connectivity index (χ2n) is 5.58. The normalized spacial score (nSPS) is 18.1. The van der Waals surface area contributed by atoms with Crippen LogP contribution in [-0.4, -0.2) is 27.5 Å². The molecule has 0 radical (unpaired) electrons. The maximum absolute atomic E-state index is 12.7. The van der Waals surface area contributed by atoms with Gasteiger partial charge in [-0.1, -0.05) is 35.3 Å². The number of rotatable bonds is 2. The van der Waals surface area contributed by atoms with Crippen LogP contribution >= 0.6 is 35.0 Å². The first-order valence-corrected chi connectivity index (χ1v) is 9.36. The van der Waals surface area contributed by atoms with E-state index in [0.29, 0.717) is 22.7 Å². The summed E-state index contributed by atoms with van der Waals surface area (Å²) in [4.78, 5) is 12.7. The lowest BCUT2D eigenvalue weighted by Gasteiger charge is -2.16. The fourth-order valence-electron chi connectivity index (χ4n) is 2.45. The molecule has 25 heavy (non-hydrogen) atoms. The largest absolute Gasteiger partial charge is 0.506 e. The van der Waals surface area contributed by atoms with Crippen molar-refractivity contribution in [3.63, 3.8) is 0 Å². The Kier molecular flexibility index (Phi) is 5.42. The summed E-state index contributed by atoms with van der Waals surface area (Å²) in [6.07, 6.45) is 3.58. The molecule has 0 amide bonds. The number of halogens is 2. The zero-order chi connectivity index (χ0) is 18.0. The van der Waals surface area contributed by atoms with Crippen molar-refractivity contribution in [2.45, 2.75) is 0 Å². The van der Waals surface area contributed by atoms with Gasteiger partial charge in [-0.05, 0) is 47.5 Å². The number of carbonyl (C=O) groups excluding carboxylic acids is 1. The zero-order valence-electron chi connectivity index (χ0n) is 13.0. The van der Waals surface area contributed by atoms with Gasteiger partial charge in [-0.2, -0.15) is 11.8 Å². The van der Waals surface area contributed by atoms with E-state index in [1.807, 2.05) is 0 Å². The van der Waals surface area contributed by atoms with Crippen LogP contribution in [0.15, 0.2) is 47.5 Å². The lowest BCUT2D eigenvalue weighted by molar-refractivity contribution is -0.112. The molecular formula is C19H14Cl2O3S. The molecule has 128 valence electrons. The maximum atomic E-state index is 12.7. The van der Waals surface area contributed by atoms with Gasteiger partial charge in [0.2, 0.25) is 0 Å². The summed E-state index contributed by atoms with van der Waals surface area (Å²) in [5, 5.41) is 19.5. The van der Waals surface area contributed by atoms with E-state index in [1.165, 1.54) is 12.1 Å². The molecule has 0 bridgehead atoms. The lowest BCUT2D eigenvalue weighted by atomic mass is 10.0. The number of aromatic hydroxyl groups is 2. The number of hydrogen-bond acceptors (Lipinski definition) is 4. The highest BCUT2D eigenvalue weighted by Gasteiger charge is 2.21. The minimum atomic E-state index is -0.0212. The molecule has 3 rings (SSSR count). The van der Waals surface area contributed by atoms with Crippen LogP contribution in [0.4, 0.5) is 0 Å². The summed E-state index contributed by atoms with van der Waals surface area (Å²) in [5.41, 5.74) is 2.88. The number of phenols is 2. The predicted molar refractivity (Wildman–Crippen MR) is 105 cm³/mol. The third-order valence-corrected chi connectivity index (χ3v) is 5.36. The van der Waals surface area contributed by atoms with Crippen molar-refractivity contribution >= 4 is 52.9 Å². The maximum Gasteiger partial charge on any atom is 0.186 e. The van der Waals surface area contributed by atoms with Crippen LogP contribution in [0, 0.1) is 0 Å². The molecule has 1 heterocycles. The van der Waals surface area contributed by atoms with E-state index in [-0.39, 0.29) is 27.3 Å². The molecule has 2 N–H and O–H groups in total. The Hall–Kier alpha value is -1.88. The van der Waals surface area contributed by atoms with Crippen LogP contribution in [0.25, 0.3) is 12.2 Å². The third-order valence-electron chi connectivity index (χ3n) is 3.72. The summed E-state index contributed by atoms with van der Waals surface area (Å²) in [6.45, 7) is 0. The fraction of sp³-hybridized carbons (Fsp3) is 0.105. The second-order valence-corrected chi connectivity index (χ2v) is 7.38. The molecule has 1 aliphatic heterocycles. The van der Waals surface area contributed by atoms with Gasteiger partial charge in [0.05, 0.1) is 10.0 Å². The molecule has 2 aromatic rings. The number of hydrogen-bond donors (Lipinski definition) is 2. The Morgan fingerprint density at radius 1 is 0.840 bits per heavy atom. The van der Waals surface area contributed by atoms with E-state index in [0.717, 1.165) is 11.1 Å². The smallest absolute Gasteiger partial charge is 0.186 e. The quantitative estimate of drug-likeness (QED) is 0.690. The number of benzene rings is 2. The van der Waals surface area contributed by atoms with Gasteiger partial charge in [0.25, 0.3) is 0 Å². The molecule has 0 aromatic heterocycles. The molecule has 0 atom stereocenters. The number of ketones is 1. The zero-order valence-corrected chi connectivity index (χ0v) is 15.3. The predicted octanol–water partition coefficient (Wildman–Crippen LogP) is 5.19. The van der Waals surface area contributed by atoms with Crippen molar-refractivity contribution in [2.24, 2.45) is 0 Å². The number of carbonyl (C=O) groups is 1. The first kappa shape index (κ1) is 17.9. The highest BCUT2D eigenvalue weighted by molar-refractivity contribution is 7.99. The number of Topliss-reactive ketones (excluding diaryl/α,β-unsaturated/α-hetero) is 1. The van der Waals surface area contributed by atoms with Crippen molar-refractivity contribution < 1.29 is 15.0 Å². The first-order valence-electron chi connectivity index (χ1n) is 7.44. The van der Waals surface area contributed by atoms with Crippen LogP contribution in [0.1, 0.15) is 11.1 Å². The molecule has 1 fully saturated rings. The Balaban J connectivity index is 1.89. The van der Waals surface area contributed by atoms with E-state index < -0.39 is 0 Å². The summed E-state index contributed by atoms with van der Waals surface area (Å²) < 4.78 is 0. The average molecular weight is 393 g/mol. The molecule has 0 saturated carbocycles. The average Bonchev–Trinajstić information content (AvgIpc) is 2.58. The highest BCUT2D eigenvalue weighted by atomic mass is 35.5. The van der Waals surface area contributed by atoms with Gasteiger partial charge >= 0.3 is 0 Å². The van der Waals surface area contributed by atoms with E-state index in [1.54, 1.807) is 48.2 Å². The molecule has 3 nitrogen and oxygen atoms in total. The molecular weight excluding hydrogens is 379 g/mol. The van der Waals surface area contributed by atoms with Gasteiger partial charge < -0.3 is 10.2 Å². The minimum Gasteiger partial charge on any atom is -0.506 e. The monoisotopic (exact) mass is 392 g/mol. The van der Waals surface area contributed by atoms with Crippen molar-refractivity contribution in [3.8, 4) is 11.5 Å². The Morgan fingerprint density at radius 2 is 1.28 bits per heavy atom. The summed E-state index contributed by atoms with van der Waals surface area (Å²) >= 11 is 13.5. The van der Waals surface area contributed by atoms with Gasteiger partial charge in [-0.15, -0.1) is 0 Å². The first-order chi connectivity index (χ1) is 11.9. The minimum absolute atomic E-state index is 0.0120. The van der Waals surface area contributed by atoms with Crippen LogP contribution in [0.3, 0.4) is 0 Å². The van der Waals surface area contributed by atoms with Crippen LogP contribution in [-0.2, 0) is 4.79 Å². The Bertz CT molecular complexity index is 832. The van der Waals surface area contributed by atoms with Gasteiger partial charge in [-0.25, -0.2) is 0 Å². The number of phenolic OH excluding ortho intramolecular Hbond substituents is 2. The van der Waals surface area contributed by atoms with Crippen molar-refractivity contribution in [1.82, 2.24) is 0 Å². The summed E-state index contributed by atoms with van der Waals surface area (Å²) in [5.74, 6) is 1.23. The lowest BCUT2D eigenvalue weighted by Crippen LogP contribution is -2.16. The van der Waals surface area contributed by atoms with Crippen molar-refractivity contribution in [1.29, 1.82) is 0 Å². The van der Waals surface area contributed by atoms with Crippen molar-refractivity contribution in [2.75, 3.05) is 11.5 Å². The van der Waals surface area contributed by atoms with E-state index >= 15 is 0 Å². The third kappa shape index (κ3) is 4.21. The standard InChI is InChI=1S/C19H14Cl2O3S/c20-15-7-11(1-3-17(15)22)5-13-9-25-10-14(19(13)24)6-12-2-4-18(23)16(21)8-12/h1-8,22-23H,9-10H2/b13-5-,14-6+. The Morgan fingerprint density at radius 3 is 1.68 bits per heavy atom. The van der Waals surface area contributed by atoms with Crippen molar-refractivity contribution in [3.05, 3.63) is 68.7 Å². The molecule has 6 heteroatoms. The van der Waals surface area contributed by atoms with Gasteiger partial charge in [0, 0.05) is 22.7 Å². The summed E-state index contributed by atoms with van der Waals surface area (Å²) in [7, 11) is 0. The van der Waals surface area contributed by atoms with E-state index in [9.17, 15) is 15.0 Å². The molecule has 0 aliphatic carbocycles. The molecule has 1 aliphatic rings. The second kappa shape index (κ2) is 7.56. The molecule has 1 saturated heterocycles. The van der Waals surface area contributed by atoms with Gasteiger partial charge in [-0.3, -0.25) is 4.79 Å². The van der Waals surface area contributed by atoms with Crippen LogP contribution in [0.5, 0.6) is 11.5 Å². The number of thioether (sulfide) groups is 1. The highest BCUT2D eigenvalue weighted by Crippen LogP contribution is 2.30. The van der Waals surface area contributed by atoms with Gasteiger partial charge in [0.1, 0.15) is 11.5 Å². The SMILES string of the molecule is O=C1/C(=C/c2ccc(O)c(Cl)c2)CSC/C1=C/c1ccc(O)c(Cl)c1. The van der Waals surface area contributed by atoms with Crippen LogP contribution in [0.2, 0.25) is 10.0 Å². The van der Waals surface area contributed by atoms with E-state index in [4.69, 9.17) is 23.2 Å². The topological polar surface area (TPSA) is 57.5 Å². The summed E-state index contributed by atoms with van der Waals surface area (Å²) in [6, 6.07) is 9.68. The fourth-order valence-corrected chi connectivity index (χ4v) is 3.80. The molecule has 0 unspecified atom stereocenters. The van der Waals surface area contributed by atoms with Gasteiger partial charge in [0.15, 0.2) is 5.78 Å².